The number of anilines is 2. The van der Waals surface area contributed by atoms with Gasteiger partial charge in [0.25, 0.3) is 0 Å². The molecule has 6 amide bonds. The number of nitrogens with one attached hydrogen (secondary N) is 2. The highest BCUT2D eigenvalue weighted by Crippen LogP contribution is 2.21. The molecule has 1 aromatic rings. The third-order valence-electron chi connectivity index (χ3n) is 5.75. The van der Waals surface area contributed by atoms with E-state index in [0.29, 0.717) is 63.7 Å². The second-order valence-electron chi connectivity index (χ2n) is 7.88. The van der Waals surface area contributed by atoms with Crippen LogP contribution in [0.3, 0.4) is 0 Å². The van der Waals surface area contributed by atoms with Gasteiger partial charge >= 0.3 is 12.1 Å². The standard InChI is InChI=1S/C21H30N6O4/c1-15-4-5-18(22-20(30)26-10-6-24(7-11-26)16(2)28)14-19(15)23-21(31)27-12-8-25(9-13-27)17(3)29/h4-5,14H,6-13H2,1-3H3,(H,22,30)(H,23,31). The lowest BCUT2D eigenvalue weighted by molar-refractivity contribution is -0.130. The second-order valence-corrected chi connectivity index (χ2v) is 7.88. The van der Waals surface area contributed by atoms with Crippen molar-refractivity contribution in [1.29, 1.82) is 0 Å². The predicted octanol–water partition coefficient (Wildman–Crippen LogP) is 1.39. The van der Waals surface area contributed by atoms with Crippen LogP contribution >= 0.6 is 0 Å². The average Bonchev–Trinajstić information content (AvgIpc) is 2.76. The van der Waals surface area contributed by atoms with Gasteiger partial charge in [0.05, 0.1) is 0 Å². The summed E-state index contributed by atoms with van der Waals surface area (Å²) in [6.45, 7) is 8.95. The first kappa shape index (κ1) is 22.4. The quantitative estimate of drug-likeness (QED) is 0.740. The monoisotopic (exact) mass is 430 g/mol. The van der Waals surface area contributed by atoms with Crippen LogP contribution in [-0.2, 0) is 9.59 Å². The molecule has 0 atom stereocenters. The molecule has 2 aliphatic rings. The number of rotatable bonds is 2. The summed E-state index contributed by atoms with van der Waals surface area (Å²) < 4.78 is 0. The van der Waals surface area contributed by atoms with Crippen molar-refractivity contribution in [3.63, 3.8) is 0 Å². The molecular formula is C21H30N6O4. The lowest BCUT2D eigenvalue weighted by atomic mass is 10.2. The van der Waals surface area contributed by atoms with E-state index in [1.54, 1.807) is 31.7 Å². The van der Waals surface area contributed by atoms with Crippen molar-refractivity contribution in [3.8, 4) is 0 Å². The van der Waals surface area contributed by atoms with Gasteiger partial charge in [0, 0.05) is 77.6 Å². The summed E-state index contributed by atoms with van der Waals surface area (Å²) in [5.74, 6) is 0.0312. The molecule has 0 aliphatic carbocycles. The Bertz CT molecular complexity index is 857. The summed E-state index contributed by atoms with van der Waals surface area (Å²) in [5, 5.41) is 5.78. The maximum atomic E-state index is 12.6. The zero-order valence-electron chi connectivity index (χ0n) is 18.3. The van der Waals surface area contributed by atoms with E-state index in [2.05, 4.69) is 10.6 Å². The molecule has 2 aliphatic heterocycles. The Morgan fingerprint density at radius 3 is 1.55 bits per heavy atom. The molecule has 0 bridgehead atoms. The molecule has 10 heteroatoms. The van der Waals surface area contributed by atoms with Gasteiger partial charge in [0.15, 0.2) is 0 Å². The fourth-order valence-corrected chi connectivity index (χ4v) is 3.68. The first-order chi connectivity index (χ1) is 14.7. The van der Waals surface area contributed by atoms with Crippen molar-refractivity contribution in [1.82, 2.24) is 19.6 Å². The zero-order chi connectivity index (χ0) is 22.5. The van der Waals surface area contributed by atoms with Gasteiger partial charge in [0.1, 0.15) is 0 Å². The smallest absolute Gasteiger partial charge is 0.321 e. The minimum Gasteiger partial charge on any atom is -0.339 e. The van der Waals surface area contributed by atoms with Crippen molar-refractivity contribution in [2.75, 3.05) is 63.0 Å². The molecule has 2 saturated heterocycles. The lowest BCUT2D eigenvalue weighted by Crippen LogP contribution is -2.51. The van der Waals surface area contributed by atoms with Crippen LogP contribution < -0.4 is 10.6 Å². The van der Waals surface area contributed by atoms with Crippen LogP contribution in [0.1, 0.15) is 19.4 Å². The van der Waals surface area contributed by atoms with Gasteiger partial charge in [-0.15, -0.1) is 0 Å². The normalized spacial score (nSPS) is 16.7. The molecule has 1 aromatic carbocycles. The van der Waals surface area contributed by atoms with Crippen molar-refractivity contribution in [3.05, 3.63) is 23.8 Å². The molecule has 31 heavy (non-hydrogen) atoms. The number of hydrogen-bond donors (Lipinski definition) is 2. The van der Waals surface area contributed by atoms with Gasteiger partial charge < -0.3 is 30.2 Å². The van der Waals surface area contributed by atoms with Crippen LogP contribution in [0.2, 0.25) is 0 Å². The molecule has 2 heterocycles. The van der Waals surface area contributed by atoms with Crippen molar-refractivity contribution in [2.24, 2.45) is 0 Å². The molecule has 168 valence electrons. The van der Waals surface area contributed by atoms with Crippen molar-refractivity contribution >= 4 is 35.3 Å². The van der Waals surface area contributed by atoms with Crippen LogP contribution in [0, 0.1) is 6.92 Å². The number of benzene rings is 1. The highest BCUT2D eigenvalue weighted by molar-refractivity contribution is 5.93. The van der Waals surface area contributed by atoms with Gasteiger partial charge in [-0.2, -0.15) is 0 Å². The van der Waals surface area contributed by atoms with E-state index in [9.17, 15) is 19.2 Å². The first-order valence-corrected chi connectivity index (χ1v) is 10.5. The summed E-state index contributed by atoms with van der Waals surface area (Å²) in [7, 11) is 0. The van der Waals surface area contributed by atoms with E-state index >= 15 is 0 Å². The summed E-state index contributed by atoms with van der Waals surface area (Å²) >= 11 is 0. The molecule has 0 spiro atoms. The Morgan fingerprint density at radius 1 is 0.677 bits per heavy atom. The Hall–Kier alpha value is -3.30. The van der Waals surface area contributed by atoms with E-state index in [0.717, 1.165) is 5.56 Å². The topological polar surface area (TPSA) is 105 Å². The number of aryl methyl sites for hydroxylation is 1. The van der Waals surface area contributed by atoms with Gasteiger partial charge in [0.2, 0.25) is 11.8 Å². The fraction of sp³-hybridized carbons (Fsp3) is 0.524. The third-order valence-corrected chi connectivity index (χ3v) is 5.75. The van der Waals surface area contributed by atoms with E-state index in [4.69, 9.17) is 0 Å². The molecule has 0 aromatic heterocycles. The van der Waals surface area contributed by atoms with Crippen LogP contribution in [-0.4, -0.2) is 95.8 Å². The van der Waals surface area contributed by atoms with Gasteiger partial charge in [-0.3, -0.25) is 9.59 Å². The largest absolute Gasteiger partial charge is 0.339 e. The molecule has 2 N–H and O–H groups in total. The van der Waals surface area contributed by atoms with Crippen LogP contribution in [0.15, 0.2) is 18.2 Å². The summed E-state index contributed by atoms with van der Waals surface area (Å²) in [6, 6.07) is 4.91. The Balaban J connectivity index is 1.56. The minimum atomic E-state index is -0.232. The SMILES string of the molecule is CC(=O)N1CCN(C(=O)Nc2ccc(C)c(NC(=O)N3CCN(C(C)=O)CC3)c2)CC1. The summed E-state index contributed by atoms with van der Waals surface area (Å²) in [4.78, 5) is 54.9. The number of amides is 6. The Labute approximate surface area is 182 Å². The molecule has 3 rings (SSSR count). The number of carbonyl (C=O) groups is 4. The van der Waals surface area contributed by atoms with Crippen molar-refractivity contribution < 1.29 is 19.2 Å². The van der Waals surface area contributed by atoms with E-state index in [1.165, 1.54) is 13.8 Å². The second kappa shape index (κ2) is 9.67. The van der Waals surface area contributed by atoms with E-state index in [-0.39, 0.29) is 23.9 Å². The number of hydrogen-bond acceptors (Lipinski definition) is 4. The first-order valence-electron chi connectivity index (χ1n) is 10.5. The molecule has 10 nitrogen and oxygen atoms in total. The molecule has 0 saturated carbocycles. The maximum absolute atomic E-state index is 12.6. The third kappa shape index (κ3) is 5.65. The highest BCUT2D eigenvalue weighted by Gasteiger charge is 2.24. The lowest BCUT2D eigenvalue weighted by Gasteiger charge is -2.34. The van der Waals surface area contributed by atoms with Gasteiger partial charge in [-0.05, 0) is 24.6 Å². The Kier molecular flexibility index (Phi) is 6.98. The number of carbonyl (C=O) groups excluding carboxylic acids is 4. The van der Waals surface area contributed by atoms with Gasteiger partial charge in [-0.1, -0.05) is 6.07 Å². The molecule has 0 radical (unpaired) electrons. The van der Waals surface area contributed by atoms with E-state index in [1.807, 2.05) is 13.0 Å². The van der Waals surface area contributed by atoms with Crippen LogP contribution in [0.25, 0.3) is 0 Å². The minimum absolute atomic E-state index is 0.0154. The van der Waals surface area contributed by atoms with E-state index < -0.39 is 0 Å². The maximum Gasteiger partial charge on any atom is 0.321 e. The molecular weight excluding hydrogens is 400 g/mol. The van der Waals surface area contributed by atoms with Gasteiger partial charge in [-0.25, -0.2) is 9.59 Å². The molecule has 2 fully saturated rings. The highest BCUT2D eigenvalue weighted by atomic mass is 16.2. The number of urea groups is 2. The van der Waals surface area contributed by atoms with Crippen LogP contribution in [0.5, 0.6) is 0 Å². The zero-order valence-corrected chi connectivity index (χ0v) is 18.3. The molecule has 0 unspecified atom stereocenters. The summed E-state index contributed by atoms with van der Waals surface area (Å²) in [6.07, 6.45) is 0. The summed E-state index contributed by atoms with van der Waals surface area (Å²) in [5.41, 5.74) is 2.09. The predicted molar refractivity (Wildman–Crippen MR) is 117 cm³/mol. The fourth-order valence-electron chi connectivity index (χ4n) is 3.68. The average molecular weight is 431 g/mol. The van der Waals surface area contributed by atoms with Crippen LogP contribution in [0.4, 0.5) is 21.0 Å². The Morgan fingerprint density at radius 2 is 1.10 bits per heavy atom. The number of piperazine rings is 2. The van der Waals surface area contributed by atoms with Crippen molar-refractivity contribution in [2.45, 2.75) is 20.8 Å². The number of nitrogens with zero attached hydrogens (tertiary/aromatic N) is 4.